The molecule has 0 radical (unpaired) electrons. The fraction of sp³-hybridized carbons (Fsp3) is 0.263. The molecular formula is C19H21ClFN3O2. The minimum atomic E-state index is -0.524. The fourth-order valence-electron chi connectivity index (χ4n) is 2.98. The highest BCUT2D eigenvalue weighted by Crippen LogP contribution is 2.15. The molecule has 0 aliphatic carbocycles. The molecule has 26 heavy (non-hydrogen) atoms. The maximum Gasteiger partial charge on any atom is 0.256 e. The number of hydrogen-bond donors (Lipinski definition) is 1. The number of amides is 2. The molecule has 3 rings (SSSR count). The maximum absolute atomic E-state index is 13.8. The van der Waals surface area contributed by atoms with Crippen LogP contribution in [0.2, 0.25) is 0 Å². The van der Waals surface area contributed by atoms with Crippen LogP contribution in [0.1, 0.15) is 27.1 Å². The Hall–Kier alpha value is -2.60. The van der Waals surface area contributed by atoms with Crippen molar-refractivity contribution in [3.8, 4) is 0 Å². The largest absolute Gasteiger partial charge is 0.399 e. The van der Waals surface area contributed by atoms with E-state index in [-0.39, 0.29) is 29.8 Å². The molecule has 2 aromatic carbocycles. The van der Waals surface area contributed by atoms with Crippen LogP contribution in [-0.2, 0) is 0 Å². The molecule has 1 aliphatic rings. The summed E-state index contributed by atoms with van der Waals surface area (Å²) in [5, 5.41) is 0. The summed E-state index contributed by atoms with van der Waals surface area (Å²) in [6.45, 7) is 1.83. The Labute approximate surface area is 158 Å². The molecule has 1 saturated heterocycles. The average Bonchev–Trinajstić information content (AvgIpc) is 2.87. The molecule has 2 aromatic rings. The molecule has 0 spiro atoms. The van der Waals surface area contributed by atoms with Crippen molar-refractivity contribution in [2.24, 2.45) is 0 Å². The van der Waals surface area contributed by atoms with Gasteiger partial charge in [-0.3, -0.25) is 9.59 Å². The predicted octanol–water partition coefficient (Wildman–Crippen LogP) is 2.82. The van der Waals surface area contributed by atoms with Gasteiger partial charge in [-0.1, -0.05) is 18.2 Å². The number of carbonyl (C=O) groups excluding carboxylic acids is 2. The summed E-state index contributed by atoms with van der Waals surface area (Å²) in [4.78, 5) is 28.5. The first-order valence-electron chi connectivity index (χ1n) is 8.25. The van der Waals surface area contributed by atoms with E-state index in [9.17, 15) is 14.0 Å². The van der Waals surface area contributed by atoms with E-state index in [1.165, 1.54) is 12.1 Å². The first-order chi connectivity index (χ1) is 12.1. The van der Waals surface area contributed by atoms with Crippen LogP contribution in [0.5, 0.6) is 0 Å². The van der Waals surface area contributed by atoms with E-state index in [2.05, 4.69) is 0 Å². The van der Waals surface area contributed by atoms with Gasteiger partial charge in [-0.2, -0.15) is 0 Å². The second-order valence-corrected chi connectivity index (χ2v) is 6.04. The zero-order chi connectivity index (χ0) is 17.8. The second-order valence-electron chi connectivity index (χ2n) is 6.04. The molecule has 2 amide bonds. The Morgan fingerprint density at radius 1 is 0.885 bits per heavy atom. The van der Waals surface area contributed by atoms with Gasteiger partial charge in [-0.05, 0) is 36.8 Å². The maximum atomic E-state index is 13.8. The van der Waals surface area contributed by atoms with Crippen LogP contribution < -0.4 is 5.73 Å². The van der Waals surface area contributed by atoms with Gasteiger partial charge in [-0.15, -0.1) is 12.4 Å². The van der Waals surface area contributed by atoms with E-state index in [1.807, 2.05) is 0 Å². The molecule has 1 heterocycles. The van der Waals surface area contributed by atoms with Crippen molar-refractivity contribution < 1.29 is 14.0 Å². The number of rotatable bonds is 2. The summed E-state index contributed by atoms with van der Waals surface area (Å²) in [5.41, 5.74) is 6.88. The summed E-state index contributed by atoms with van der Waals surface area (Å²) in [5.74, 6) is -0.965. The lowest BCUT2D eigenvalue weighted by atomic mass is 10.1. The van der Waals surface area contributed by atoms with Gasteiger partial charge in [0.25, 0.3) is 11.8 Å². The second kappa shape index (κ2) is 8.67. The highest BCUT2D eigenvalue weighted by Gasteiger charge is 2.24. The number of nitrogen functional groups attached to an aromatic ring is 1. The van der Waals surface area contributed by atoms with Gasteiger partial charge >= 0.3 is 0 Å². The summed E-state index contributed by atoms with van der Waals surface area (Å²) in [6, 6.07) is 12.8. The zero-order valence-electron chi connectivity index (χ0n) is 14.2. The zero-order valence-corrected chi connectivity index (χ0v) is 15.0. The fourth-order valence-corrected chi connectivity index (χ4v) is 2.98. The molecule has 138 valence electrons. The topological polar surface area (TPSA) is 66.6 Å². The molecule has 5 nitrogen and oxygen atoms in total. The van der Waals surface area contributed by atoms with Gasteiger partial charge in [0, 0.05) is 37.4 Å². The lowest BCUT2D eigenvalue weighted by Gasteiger charge is -2.22. The van der Waals surface area contributed by atoms with Crippen molar-refractivity contribution in [1.82, 2.24) is 9.80 Å². The van der Waals surface area contributed by atoms with Gasteiger partial charge in [-0.25, -0.2) is 4.39 Å². The predicted molar refractivity (Wildman–Crippen MR) is 101 cm³/mol. The molecule has 0 bridgehead atoms. The third-order valence-corrected chi connectivity index (χ3v) is 4.31. The van der Waals surface area contributed by atoms with E-state index >= 15 is 0 Å². The van der Waals surface area contributed by atoms with Crippen molar-refractivity contribution in [2.75, 3.05) is 31.9 Å². The van der Waals surface area contributed by atoms with Crippen molar-refractivity contribution in [2.45, 2.75) is 6.42 Å². The van der Waals surface area contributed by atoms with E-state index in [1.54, 1.807) is 46.2 Å². The van der Waals surface area contributed by atoms with E-state index < -0.39 is 5.82 Å². The van der Waals surface area contributed by atoms with Crippen LogP contribution in [0, 0.1) is 5.82 Å². The number of nitrogens with two attached hydrogens (primary N) is 1. The third kappa shape index (κ3) is 4.32. The summed E-state index contributed by atoms with van der Waals surface area (Å²) >= 11 is 0. The van der Waals surface area contributed by atoms with Gasteiger partial charge in [0.1, 0.15) is 5.82 Å². The quantitative estimate of drug-likeness (QED) is 0.818. The van der Waals surface area contributed by atoms with Crippen molar-refractivity contribution in [3.05, 3.63) is 65.5 Å². The van der Waals surface area contributed by atoms with Crippen LogP contribution in [-0.4, -0.2) is 47.8 Å². The minimum Gasteiger partial charge on any atom is -0.399 e. The van der Waals surface area contributed by atoms with Crippen LogP contribution in [0.25, 0.3) is 0 Å². The smallest absolute Gasteiger partial charge is 0.256 e. The van der Waals surface area contributed by atoms with Crippen LogP contribution >= 0.6 is 12.4 Å². The minimum absolute atomic E-state index is 0. The van der Waals surface area contributed by atoms with Gasteiger partial charge < -0.3 is 15.5 Å². The number of anilines is 1. The SMILES string of the molecule is Cl.Nc1cccc(C(=O)N2CCCN(C(=O)c3ccccc3F)CC2)c1. The highest BCUT2D eigenvalue weighted by atomic mass is 35.5. The molecule has 7 heteroatoms. The Balaban J connectivity index is 0.00000243. The lowest BCUT2D eigenvalue weighted by molar-refractivity contribution is 0.0716. The van der Waals surface area contributed by atoms with E-state index in [0.717, 1.165) is 0 Å². The molecule has 2 N–H and O–H groups in total. The lowest BCUT2D eigenvalue weighted by Crippen LogP contribution is -2.37. The molecule has 0 atom stereocenters. The average molecular weight is 378 g/mol. The molecule has 1 aliphatic heterocycles. The summed E-state index contributed by atoms with van der Waals surface area (Å²) < 4.78 is 13.8. The van der Waals surface area contributed by atoms with E-state index in [0.29, 0.717) is 43.9 Å². The number of benzene rings is 2. The first-order valence-corrected chi connectivity index (χ1v) is 8.25. The summed E-state index contributed by atoms with van der Waals surface area (Å²) in [7, 11) is 0. The number of nitrogens with zero attached hydrogens (tertiary/aromatic N) is 2. The number of carbonyl (C=O) groups is 2. The molecule has 0 saturated carbocycles. The highest BCUT2D eigenvalue weighted by molar-refractivity contribution is 5.96. The molecular weight excluding hydrogens is 357 g/mol. The molecule has 0 aromatic heterocycles. The van der Waals surface area contributed by atoms with Crippen LogP contribution in [0.15, 0.2) is 48.5 Å². The van der Waals surface area contributed by atoms with Crippen LogP contribution in [0.3, 0.4) is 0 Å². The van der Waals surface area contributed by atoms with Crippen LogP contribution in [0.4, 0.5) is 10.1 Å². The van der Waals surface area contributed by atoms with Gasteiger partial charge in [0.05, 0.1) is 5.56 Å². The standard InChI is InChI=1S/C19H20FN3O2.ClH/c20-17-8-2-1-7-16(17)19(25)23-10-4-9-22(11-12-23)18(24)14-5-3-6-15(21)13-14;/h1-3,5-8,13H,4,9-12,21H2;1H. The van der Waals surface area contributed by atoms with Crippen molar-refractivity contribution >= 4 is 29.9 Å². The Kier molecular flexibility index (Phi) is 6.58. The van der Waals surface area contributed by atoms with Crippen molar-refractivity contribution in [1.29, 1.82) is 0 Å². The Morgan fingerprint density at radius 2 is 1.54 bits per heavy atom. The third-order valence-electron chi connectivity index (χ3n) is 4.31. The number of hydrogen-bond acceptors (Lipinski definition) is 3. The molecule has 0 unspecified atom stereocenters. The summed E-state index contributed by atoms with van der Waals surface area (Å²) in [6.07, 6.45) is 0.647. The van der Waals surface area contributed by atoms with E-state index in [4.69, 9.17) is 5.73 Å². The molecule has 1 fully saturated rings. The van der Waals surface area contributed by atoms with Crippen molar-refractivity contribution in [3.63, 3.8) is 0 Å². The Morgan fingerprint density at radius 3 is 2.19 bits per heavy atom. The number of halogens is 2. The van der Waals surface area contributed by atoms with Gasteiger partial charge in [0.2, 0.25) is 0 Å². The first kappa shape index (κ1) is 19.7. The van der Waals surface area contributed by atoms with Gasteiger partial charge in [0.15, 0.2) is 0 Å². The normalized spacial score (nSPS) is 14.3. The Bertz CT molecular complexity index is 800. The monoisotopic (exact) mass is 377 g/mol.